The first-order chi connectivity index (χ1) is 11.1. The molecule has 2 N–H and O–H groups in total. The maximum Gasteiger partial charge on any atom is 0.271 e. The first-order valence-electron chi connectivity index (χ1n) is 6.93. The van der Waals surface area contributed by atoms with Gasteiger partial charge in [0, 0.05) is 18.2 Å². The van der Waals surface area contributed by atoms with Crippen LogP contribution in [-0.4, -0.2) is 25.1 Å². The van der Waals surface area contributed by atoms with Crippen LogP contribution in [0.3, 0.4) is 0 Å². The van der Waals surface area contributed by atoms with E-state index in [0.717, 1.165) is 5.56 Å². The van der Waals surface area contributed by atoms with Gasteiger partial charge in [0.05, 0.1) is 13.3 Å². The van der Waals surface area contributed by atoms with Gasteiger partial charge >= 0.3 is 0 Å². The number of carbonyl (C=O) groups is 2. The molecule has 0 spiro atoms. The van der Waals surface area contributed by atoms with Crippen molar-refractivity contribution in [2.45, 2.75) is 6.92 Å². The van der Waals surface area contributed by atoms with Gasteiger partial charge in [-0.1, -0.05) is 12.1 Å². The molecule has 0 bridgehead atoms. The number of anilines is 1. The van der Waals surface area contributed by atoms with Crippen LogP contribution in [0, 0.1) is 0 Å². The minimum absolute atomic E-state index is 0.162. The van der Waals surface area contributed by atoms with Crippen LogP contribution in [0.2, 0.25) is 0 Å². The summed E-state index contributed by atoms with van der Waals surface area (Å²) in [5, 5.41) is 6.55. The van der Waals surface area contributed by atoms with Crippen LogP contribution in [0.15, 0.2) is 53.6 Å². The Morgan fingerprint density at radius 3 is 2.52 bits per heavy atom. The van der Waals surface area contributed by atoms with Crippen molar-refractivity contribution in [1.82, 2.24) is 5.43 Å². The third-order valence-electron chi connectivity index (χ3n) is 2.94. The number of nitrogens with one attached hydrogen (secondary N) is 2. The van der Waals surface area contributed by atoms with Gasteiger partial charge in [0.15, 0.2) is 0 Å². The lowest BCUT2D eigenvalue weighted by atomic mass is 10.2. The van der Waals surface area contributed by atoms with Gasteiger partial charge in [-0.3, -0.25) is 9.59 Å². The van der Waals surface area contributed by atoms with E-state index in [4.69, 9.17) is 4.74 Å². The monoisotopic (exact) mass is 311 g/mol. The van der Waals surface area contributed by atoms with Gasteiger partial charge in [0.25, 0.3) is 5.91 Å². The molecule has 0 aliphatic heterocycles. The zero-order valence-electron chi connectivity index (χ0n) is 12.9. The molecular weight excluding hydrogens is 294 g/mol. The predicted molar refractivity (Wildman–Crippen MR) is 88.8 cm³/mol. The van der Waals surface area contributed by atoms with Gasteiger partial charge in [-0.05, 0) is 42.0 Å². The maximum atomic E-state index is 12.0. The van der Waals surface area contributed by atoms with E-state index in [1.807, 2.05) is 18.2 Å². The summed E-state index contributed by atoms with van der Waals surface area (Å²) in [6.45, 7) is 1.42. The summed E-state index contributed by atoms with van der Waals surface area (Å²) in [4.78, 5) is 22.9. The second kappa shape index (κ2) is 7.74. The number of hydrazone groups is 1. The van der Waals surface area contributed by atoms with Crippen molar-refractivity contribution in [3.8, 4) is 5.75 Å². The van der Waals surface area contributed by atoms with E-state index in [-0.39, 0.29) is 11.8 Å². The van der Waals surface area contributed by atoms with E-state index in [9.17, 15) is 9.59 Å². The van der Waals surface area contributed by atoms with E-state index in [1.54, 1.807) is 37.4 Å². The zero-order valence-corrected chi connectivity index (χ0v) is 12.9. The van der Waals surface area contributed by atoms with Gasteiger partial charge in [0.2, 0.25) is 5.91 Å². The van der Waals surface area contributed by atoms with Gasteiger partial charge in [-0.25, -0.2) is 5.43 Å². The van der Waals surface area contributed by atoms with E-state index in [0.29, 0.717) is 17.0 Å². The molecule has 2 aromatic rings. The largest absolute Gasteiger partial charge is 0.497 e. The van der Waals surface area contributed by atoms with E-state index in [2.05, 4.69) is 15.8 Å². The van der Waals surface area contributed by atoms with Gasteiger partial charge in [-0.15, -0.1) is 0 Å². The number of carbonyl (C=O) groups excluding carboxylic acids is 2. The smallest absolute Gasteiger partial charge is 0.271 e. The Bertz CT molecular complexity index is 724. The SMILES string of the molecule is COc1cccc(/C=N\NC(=O)c2ccc(NC(C)=O)cc2)c1. The highest BCUT2D eigenvalue weighted by molar-refractivity contribution is 5.96. The first-order valence-corrected chi connectivity index (χ1v) is 6.93. The number of benzene rings is 2. The Morgan fingerprint density at radius 2 is 1.87 bits per heavy atom. The standard InChI is InChI=1S/C17H17N3O3/c1-12(21)19-15-8-6-14(7-9-15)17(22)20-18-11-13-4-3-5-16(10-13)23-2/h3-11H,1-2H3,(H,19,21)(H,20,22)/b18-11-. The molecule has 0 saturated carbocycles. The van der Waals surface area contributed by atoms with Crippen molar-refractivity contribution in [3.63, 3.8) is 0 Å². The highest BCUT2D eigenvalue weighted by Crippen LogP contribution is 2.11. The molecular formula is C17H17N3O3. The zero-order chi connectivity index (χ0) is 16.7. The number of amides is 2. The molecule has 118 valence electrons. The molecule has 0 aliphatic rings. The highest BCUT2D eigenvalue weighted by Gasteiger charge is 2.04. The van der Waals surface area contributed by atoms with Crippen molar-refractivity contribution >= 4 is 23.7 Å². The van der Waals surface area contributed by atoms with Crippen molar-refractivity contribution in [3.05, 3.63) is 59.7 Å². The lowest BCUT2D eigenvalue weighted by Crippen LogP contribution is -2.17. The normalized spacial score (nSPS) is 10.3. The number of hydrogen-bond donors (Lipinski definition) is 2. The molecule has 0 radical (unpaired) electrons. The van der Waals surface area contributed by atoms with Crippen LogP contribution < -0.4 is 15.5 Å². The van der Waals surface area contributed by atoms with Crippen LogP contribution in [0.25, 0.3) is 0 Å². The van der Waals surface area contributed by atoms with E-state index >= 15 is 0 Å². The van der Waals surface area contributed by atoms with Crippen molar-refractivity contribution in [1.29, 1.82) is 0 Å². The summed E-state index contributed by atoms with van der Waals surface area (Å²) in [5.74, 6) is 0.220. The summed E-state index contributed by atoms with van der Waals surface area (Å²) < 4.78 is 5.11. The summed E-state index contributed by atoms with van der Waals surface area (Å²) in [5.41, 5.74) is 4.34. The molecule has 2 aromatic carbocycles. The topological polar surface area (TPSA) is 79.8 Å². The quantitative estimate of drug-likeness (QED) is 0.657. The van der Waals surface area contributed by atoms with Crippen LogP contribution in [0.5, 0.6) is 5.75 Å². The molecule has 6 heteroatoms. The second-order valence-corrected chi connectivity index (χ2v) is 4.73. The van der Waals surface area contributed by atoms with E-state index < -0.39 is 0 Å². The maximum absolute atomic E-state index is 12.0. The Labute approximate surface area is 134 Å². The molecule has 2 amide bonds. The fourth-order valence-corrected chi connectivity index (χ4v) is 1.86. The average molecular weight is 311 g/mol. The lowest BCUT2D eigenvalue weighted by molar-refractivity contribution is -0.114. The molecule has 2 rings (SSSR count). The highest BCUT2D eigenvalue weighted by atomic mass is 16.5. The molecule has 0 saturated heterocycles. The van der Waals surface area contributed by atoms with E-state index in [1.165, 1.54) is 13.1 Å². The Balaban J connectivity index is 1.96. The molecule has 0 unspecified atom stereocenters. The summed E-state index contributed by atoms with van der Waals surface area (Å²) in [7, 11) is 1.59. The number of ether oxygens (including phenoxy) is 1. The third-order valence-corrected chi connectivity index (χ3v) is 2.94. The summed E-state index contributed by atoms with van der Waals surface area (Å²) in [6, 6.07) is 13.8. The van der Waals surface area contributed by atoms with Gasteiger partial charge in [-0.2, -0.15) is 5.10 Å². The van der Waals surface area contributed by atoms with Crippen LogP contribution in [0.4, 0.5) is 5.69 Å². The Kier molecular flexibility index (Phi) is 5.46. The number of hydrogen-bond acceptors (Lipinski definition) is 4. The minimum atomic E-state index is -0.335. The Morgan fingerprint density at radius 1 is 1.13 bits per heavy atom. The molecule has 0 fully saturated rings. The fourth-order valence-electron chi connectivity index (χ4n) is 1.86. The average Bonchev–Trinajstić information content (AvgIpc) is 2.55. The summed E-state index contributed by atoms with van der Waals surface area (Å²) in [6.07, 6.45) is 1.53. The van der Waals surface area contributed by atoms with Gasteiger partial charge < -0.3 is 10.1 Å². The minimum Gasteiger partial charge on any atom is -0.497 e. The molecule has 0 atom stereocenters. The lowest BCUT2D eigenvalue weighted by Gasteiger charge is -2.04. The van der Waals surface area contributed by atoms with Crippen molar-refractivity contribution < 1.29 is 14.3 Å². The number of methoxy groups -OCH3 is 1. The molecule has 0 aromatic heterocycles. The van der Waals surface area contributed by atoms with Gasteiger partial charge in [0.1, 0.15) is 5.75 Å². The number of rotatable bonds is 5. The predicted octanol–water partition coefficient (Wildman–Crippen LogP) is 2.42. The molecule has 0 heterocycles. The third kappa shape index (κ3) is 4.96. The fraction of sp³-hybridized carbons (Fsp3) is 0.118. The van der Waals surface area contributed by atoms with Crippen LogP contribution in [-0.2, 0) is 4.79 Å². The molecule has 23 heavy (non-hydrogen) atoms. The number of nitrogens with zero attached hydrogens (tertiary/aromatic N) is 1. The van der Waals surface area contributed by atoms with Crippen LogP contribution >= 0.6 is 0 Å². The molecule has 6 nitrogen and oxygen atoms in total. The first kappa shape index (κ1) is 16.2. The summed E-state index contributed by atoms with van der Waals surface area (Å²) >= 11 is 0. The van der Waals surface area contributed by atoms with Crippen molar-refractivity contribution in [2.75, 3.05) is 12.4 Å². The Hall–Kier alpha value is -3.15. The van der Waals surface area contributed by atoms with Crippen LogP contribution in [0.1, 0.15) is 22.8 Å². The second-order valence-electron chi connectivity index (χ2n) is 4.73. The van der Waals surface area contributed by atoms with Crippen molar-refractivity contribution in [2.24, 2.45) is 5.10 Å². The molecule has 0 aliphatic carbocycles.